The molecule has 122 valence electrons. The lowest BCUT2D eigenvalue weighted by atomic mass is 10.0. The zero-order chi connectivity index (χ0) is 17.4. The number of aryl methyl sites for hydroxylation is 1. The lowest BCUT2D eigenvalue weighted by Crippen LogP contribution is -2.10. The third kappa shape index (κ3) is 2.74. The van der Waals surface area contributed by atoms with Crippen LogP contribution in [-0.2, 0) is 0 Å². The number of nitrogens with two attached hydrogens (primary N) is 1. The van der Waals surface area contributed by atoms with Gasteiger partial charge in [0.2, 0.25) is 0 Å². The Morgan fingerprint density at radius 3 is 2.72 bits per heavy atom. The van der Waals surface area contributed by atoms with E-state index in [1.807, 2.05) is 55.6 Å². The molecule has 1 amide bonds. The van der Waals surface area contributed by atoms with Crippen LogP contribution in [0.2, 0.25) is 0 Å². The van der Waals surface area contributed by atoms with E-state index in [9.17, 15) is 4.79 Å². The number of pyridine rings is 3. The number of nitrogens with zero attached hydrogens (tertiary/aromatic N) is 4. The van der Waals surface area contributed by atoms with E-state index in [-0.39, 0.29) is 5.69 Å². The zero-order valence-corrected chi connectivity index (χ0v) is 13.5. The largest absolute Gasteiger partial charge is 0.364 e. The topological polar surface area (TPSA) is 86.2 Å². The number of aromatic nitrogens is 4. The average Bonchev–Trinajstić information content (AvgIpc) is 3.05. The summed E-state index contributed by atoms with van der Waals surface area (Å²) in [6.45, 7) is 1.95. The van der Waals surface area contributed by atoms with Gasteiger partial charge in [-0.05, 0) is 37.3 Å². The van der Waals surface area contributed by atoms with Crippen molar-refractivity contribution in [1.82, 2.24) is 19.4 Å². The van der Waals surface area contributed by atoms with Crippen LogP contribution in [0.3, 0.4) is 0 Å². The number of primary amides is 1. The maximum atomic E-state index is 11.3. The highest BCUT2D eigenvalue weighted by molar-refractivity contribution is 5.91. The first-order valence-electron chi connectivity index (χ1n) is 7.80. The van der Waals surface area contributed by atoms with Crippen molar-refractivity contribution < 1.29 is 4.79 Å². The van der Waals surface area contributed by atoms with E-state index in [1.54, 1.807) is 16.8 Å². The molecule has 0 atom stereocenters. The van der Waals surface area contributed by atoms with E-state index >= 15 is 0 Å². The molecule has 0 spiro atoms. The zero-order valence-electron chi connectivity index (χ0n) is 13.5. The van der Waals surface area contributed by atoms with Crippen LogP contribution in [0.25, 0.3) is 28.2 Å². The van der Waals surface area contributed by atoms with Gasteiger partial charge in [-0.2, -0.15) is 0 Å². The number of hydrogen-bond donors (Lipinski definition) is 1. The maximum absolute atomic E-state index is 11.3. The van der Waals surface area contributed by atoms with Crippen molar-refractivity contribution in [2.75, 3.05) is 0 Å². The summed E-state index contributed by atoms with van der Waals surface area (Å²) in [5.41, 5.74) is 10.7. The van der Waals surface area contributed by atoms with Crippen LogP contribution in [0.15, 0.2) is 61.1 Å². The first kappa shape index (κ1) is 15.0. The fourth-order valence-electron chi connectivity index (χ4n) is 2.79. The van der Waals surface area contributed by atoms with Gasteiger partial charge >= 0.3 is 0 Å². The third-order valence-electron chi connectivity index (χ3n) is 3.95. The van der Waals surface area contributed by atoms with Crippen LogP contribution in [0.1, 0.15) is 16.2 Å². The van der Waals surface area contributed by atoms with Gasteiger partial charge in [-0.3, -0.25) is 14.8 Å². The number of imidazole rings is 1. The van der Waals surface area contributed by atoms with Gasteiger partial charge in [0.25, 0.3) is 5.91 Å². The summed E-state index contributed by atoms with van der Waals surface area (Å²) < 4.78 is 1.79. The molecule has 4 aromatic heterocycles. The Bertz CT molecular complexity index is 1100. The number of rotatable bonds is 3. The Morgan fingerprint density at radius 1 is 1.04 bits per heavy atom. The fraction of sp³-hybridized carbons (Fsp3) is 0.0526. The van der Waals surface area contributed by atoms with Gasteiger partial charge in [0.15, 0.2) is 0 Å². The molecule has 0 fully saturated rings. The molecule has 4 heterocycles. The van der Waals surface area contributed by atoms with Gasteiger partial charge in [0, 0.05) is 35.4 Å². The van der Waals surface area contributed by atoms with E-state index in [1.165, 1.54) is 0 Å². The van der Waals surface area contributed by atoms with Gasteiger partial charge in [-0.15, -0.1) is 0 Å². The predicted octanol–water partition coefficient (Wildman–Crippen LogP) is 2.87. The molecule has 4 aromatic rings. The Labute approximate surface area is 144 Å². The SMILES string of the molecule is Cc1cccc(-c2ncccc2-c2ccc3nc(C(N)=O)cn3c2)n1. The first-order chi connectivity index (χ1) is 12.1. The smallest absolute Gasteiger partial charge is 0.268 e. The molecule has 2 N–H and O–H groups in total. The molecule has 0 aliphatic heterocycles. The molecule has 25 heavy (non-hydrogen) atoms. The van der Waals surface area contributed by atoms with E-state index in [0.29, 0.717) is 5.65 Å². The minimum absolute atomic E-state index is 0.240. The Balaban J connectivity index is 1.87. The van der Waals surface area contributed by atoms with E-state index < -0.39 is 5.91 Å². The highest BCUT2D eigenvalue weighted by Crippen LogP contribution is 2.29. The Hall–Kier alpha value is -3.54. The van der Waals surface area contributed by atoms with Gasteiger partial charge in [-0.25, -0.2) is 4.98 Å². The molecule has 0 aliphatic rings. The number of hydrogen-bond acceptors (Lipinski definition) is 4. The number of carbonyl (C=O) groups is 1. The maximum Gasteiger partial charge on any atom is 0.268 e. The molecule has 4 rings (SSSR count). The van der Waals surface area contributed by atoms with Crippen molar-refractivity contribution >= 4 is 11.6 Å². The minimum Gasteiger partial charge on any atom is -0.364 e. The molecule has 0 saturated heterocycles. The highest BCUT2D eigenvalue weighted by Gasteiger charge is 2.12. The molecule has 0 saturated carbocycles. The van der Waals surface area contributed by atoms with Crippen LogP contribution in [0.4, 0.5) is 0 Å². The van der Waals surface area contributed by atoms with Crippen molar-refractivity contribution in [1.29, 1.82) is 0 Å². The van der Waals surface area contributed by atoms with Crippen LogP contribution in [0, 0.1) is 6.92 Å². The molecule has 0 radical (unpaired) electrons. The molecular formula is C19H15N5O. The highest BCUT2D eigenvalue weighted by atomic mass is 16.1. The van der Waals surface area contributed by atoms with Crippen molar-refractivity contribution in [3.8, 4) is 22.5 Å². The van der Waals surface area contributed by atoms with Crippen molar-refractivity contribution in [2.45, 2.75) is 6.92 Å². The lowest BCUT2D eigenvalue weighted by molar-refractivity contribution is 0.0996. The van der Waals surface area contributed by atoms with Gasteiger partial charge in [0.05, 0.1) is 11.4 Å². The van der Waals surface area contributed by atoms with E-state index in [4.69, 9.17) is 5.73 Å². The van der Waals surface area contributed by atoms with Gasteiger partial charge in [-0.1, -0.05) is 12.1 Å². The molecule has 0 aliphatic carbocycles. The summed E-state index contributed by atoms with van der Waals surface area (Å²) in [5.74, 6) is -0.545. The van der Waals surface area contributed by atoms with Crippen LogP contribution < -0.4 is 5.73 Å². The second kappa shape index (κ2) is 5.83. The Kier molecular flexibility index (Phi) is 3.50. The van der Waals surface area contributed by atoms with Crippen molar-refractivity contribution in [3.63, 3.8) is 0 Å². The van der Waals surface area contributed by atoms with E-state index in [0.717, 1.165) is 28.2 Å². The average molecular weight is 329 g/mol. The number of carbonyl (C=O) groups excluding carboxylic acids is 1. The van der Waals surface area contributed by atoms with E-state index in [2.05, 4.69) is 15.0 Å². The second-order valence-corrected chi connectivity index (χ2v) is 5.74. The molecule has 6 nitrogen and oxygen atoms in total. The quantitative estimate of drug-likeness (QED) is 0.626. The molecular weight excluding hydrogens is 314 g/mol. The lowest BCUT2D eigenvalue weighted by Gasteiger charge is -2.09. The number of fused-ring (bicyclic) bond motifs is 1. The summed E-state index contributed by atoms with van der Waals surface area (Å²) in [6.07, 6.45) is 5.29. The number of amides is 1. The van der Waals surface area contributed by atoms with Crippen LogP contribution in [0.5, 0.6) is 0 Å². The summed E-state index contributed by atoms with van der Waals surface area (Å²) in [4.78, 5) is 24.6. The molecule has 0 aromatic carbocycles. The molecule has 0 unspecified atom stereocenters. The van der Waals surface area contributed by atoms with Crippen molar-refractivity contribution in [3.05, 3.63) is 72.4 Å². The summed E-state index contributed by atoms with van der Waals surface area (Å²) >= 11 is 0. The fourth-order valence-corrected chi connectivity index (χ4v) is 2.79. The second-order valence-electron chi connectivity index (χ2n) is 5.74. The monoisotopic (exact) mass is 329 g/mol. The van der Waals surface area contributed by atoms with Crippen molar-refractivity contribution in [2.24, 2.45) is 5.73 Å². The summed E-state index contributed by atoms with van der Waals surface area (Å²) in [6, 6.07) is 13.6. The summed E-state index contributed by atoms with van der Waals surface area (Å²) in [5, 5.41) is 0. The first-order valence-corrected chi connectivity index (χ1v) is 7.80. The van der Waals surface area contributed by atoms with Crippen LogP contribution >= 0.6 is 0 Å². The third-order valence-corrected chi connectivity index (χ3v) is 3.95. The standard InChI is InChI=1S/C19H15N5O/c1-12-4-2-6-15(22-12)18-14(5-3-9-21-18)13-7-8-17-23-16(19(20)25)11-24(17)10-13/h2-11H,1H3,(H2,20,25). The normalized spacial score (nSPS) is 10.9. The van der Waals surface area contributed by atoms with Crippen LogP contribution in [-0.4, -0.2) is 25.3 Å². The molecule has 6 heteroatoms. The molecule has 0 bridgehead atoms. The summed E-state index contributed by atoms with van der Waals surface area (Å²) in [7, 11) is 0. The van der Waals surface area contributed by atoms with Gasteiger partial charge in [0.1, 0.15) is 11.3 Å². The minimum atomic E-state index is -0.545. The van der Waals surface area contributed by atoms with Gasteiger partial charge < -0.3 is 10.1 Å². The Morgan fingerprint density at radius 2 is 1.92 bits per heavy atom. The predicted molar refractivity (Wildman–Crippen MR) is 94.9 cm³/mol.